The predicted octanol–water partition coefficient (Wildman–Crippen LogP) is 4.89. The van der Waals surface area contributed by atoms with Crippen LogP contribution in [0.5, 0.6) is 0 Å². The van der Waals surface area contributed by atoms with Gasteiger partial charge in [-0.3, -0.25) is 9.59 Å². The highest BCUT2D eigenvalue weighted by atomic mass is 16.1. The molecule has 3 saturated carbocycles. The molecular weight excluding hydrogens is 296 g/mol. The van der Waals surface area contributed by atoms with Gasteiger partial charge in [-0.05, 0) is 74.7 Å². The number of Topliss-reactive ketones (excluding diaryl/α,β-unsaturated/α-hetero) is 1. The monoisotopic (exact) mass is 326 g/mol. The Hall–Kier alpha value is -1.18. The molecule has 0 aromatic rings. The second-order valence-electron chi connectivity index (χ2n) is 9.30. The minimum Gasteiger partial charge on any atom is -0.300 e. The van der Waals surface area contributed by atoms with Crippen LogP contribution in [-0.2, 0) is 9.59 Å². The van der Waals surface area contributed by atoms with Crippen molar-refractivity contribution >= 4 is 11.6 Å². The molecule has 2 nitrogen and oxygen atoms in total. The van der Waals surface area contributed by atoms with Gasteiger partial charge in [0.05, 0.1) is 0 Å². The normalized spacial score (nSPS) is 47.5. The van der Waals surface area contributed by atoms with Crippen LogP contribution in [0.3, 0.4) is 0 Å². The summed E-state index contributed by atoms with van der Waals surface area (Å²) in [5.41, 5.74) is 2.90. The molecule has 4 aliphatic carbocycles. The van der Waals surface area contributed by atoms with Crippen LogP contribution in [0, 0.1) is 34.5 Å². The van der Waals surface area contributed by atoms with Crippen molar-refractivity contribution in [1.82, 2.24) is 0 Å². The maximum Gasteiger partial charge on any atom is 0.155 e. The smallest absolute Gasteiger partial charge is 0.155 e. The molecule has 6 unspecified atom stereocenters. The molecule has 0 N–H and O–H groups in total. The second-order valence-corrected chi connectivity index (χ2v) is 9.30. The van der Waals surface area contributed by atoms with Gasteiger partial charge < -0.3 is 0 Å². The highest BCUT2D eigenvalue weighted by Crippen LogP contribution is 2.67. The SMILES string of the molecule is C=C1CC2C(CCC3=CC(=O)CCC32C)C2CCC(C(C)=O)C12C. The summed E-state index contributed by atoms with van der Waals surface area (Å²) < 4.78 is 0. The Balaban J connectivity index is 1.73. The van der Waals surface area contributed by atoms with E-state index in [1.807, 2.05) is 6.08 Å². The molecule has 0 aromatic carbocycles. The lowest BCUT2D eigenvalue weighted by atomic mass is 9.45. The molecule has 0 heterocycles. The van der Waals surface area contributed by atoms with Crippen molar-refractivity contribution in [1.29, 1.82) is 0 Å². The number of hydrogen-bond donors (Lipinski definition) is 0. The van der Waals surface area contributed by atoms with Crippen molar-refractivity contribution in [2.45, 2.75) is 65.7 Å². The summed E-state index contributed by atoms with van der Waals surface area (Å²) >= 11 is 0. The maximum atomic E-state index is 12.3. The molecule has 6 atom stereocenters. The molecule has 0 bridgehead atoms. The lowest BCUT2D eigenvalue weighted by Crippen LogP contribution is -2.51. The van der Waals surface area contributed by atoms with Gasteiger partial charge in [-0.25, -0.2) is 0 Å². The Morgan fingerprint density at radius 3 is 2.62 bits per heavy atom. The number of carbonyl (C=O) groups excluding carboxylic acids is 2. The number of rotatable bonds is 1. The average Bonchev–Trinajstić information content (AvgIpc) is 2.88. The fraction of sp³-hybridized carbons (Fsp3) is 0.727. The third kappa shape index (κ3) is 1.95. The summed E-state index contributed by atoms with van der Waals surface area (Å²) in [7, 11) is 0. The number of allylic oxidation sites excluding steroid dienone is 2. The summed E-state index contributed by atoms with van der Waals surface area (Å²) in [5, 5.41) is 0. The predicted molar refractivity (Wildman–Crippen MR) is 95.4 cm³/mol. The van der Waals surface area contributed by atoms with E-state index < -0.39 is 0 Å². The van der Waals surface area contributed by atoms with E-state index in [9.17, 15) is 9.59 Å². The molecule has 0 aromatic heterocycles. The summed E-state index contributed by atoms with van der Waals surface area (Å²) in [6.45, 7) is 11.0. The fourth-order valence-corrected chi connectivity index (χ4v) is 7.09. The van der Waals surface area contributed by atoms with E-state index in [-0.39, 0.29) is 16.7 Å². The number of ketones is 2. The molecule has 130 valence electrons. The van der Waals surface area contributed by atoms with Crippen LogP contribution in [-0.4, -0.2) is 11.6 Å². The van der Waals surface area contributed by atoms with Crippen LogP contribution >= 0.6 is 0 Å². The zero-order valence-corrected chi connectivity index (χ0v) is 15.4. The van der Waals surface area contributed by atoms with Gasteiger partial charge in [0.2, 0.25) is 0 Å². The van der Waals surface area contributed by atoms with Gasteiger partial charge in [0, 0.05) is 17.8 Å². The van der Waals surface area contributed by atoms with Crippen molar-refractivity contribution in [2.24, 2.45) is 34.5 Å². The van der Waals surface area contributed by atoms with Crippen LogP contribution in [0.15, 0.2) is 23.8 Å². The minimum atomic E-state index is 0.00899. The number of carbonyl (C=O) groups is 2. The molecule has 0 aliphatic heterocycles. The first kappa shape index (κ1) is 16.3. The summed E-state index contributed by atoms with van der Waals surface area (Å²) in [4.78, 5) is 24.2. The maximum absolute atomic E-state index is 12.3. The molecule has 0 amide bonds. The van der Waals surface area contributed by atoms with Gasteiger partial charge in [0.1, 0.15) is 5.78 Å². The molecule has 4 aliphatic rings. The van der Waals surface area contributed by atoms with Crippen molar-refractivity contribution in [3.8, 4) is 0 Å². The van der Waals surface area contributed by atoms with Crippen molar-refractivity contribution in [3.63, 3.8) is 0 Å². The molecule has 0 radical (unpaired) electrons. The molecule has 24 heavy (non-hydrogen) atoms. The Morgan fingerprint density at radius 1 is 1.17 bits per heavy atom. The molecular formula is C22H30O2. The second kappa shape index (κ2) is 5.16. The van der Waals surface area contributed by atoms with Crippen LogP contribution < -0.4 is 0 Å². The first-order chi connectivity index (χ1) is 11.3. The van der Waals surface area contributed by atoms with Gasteiger partial charge in [-0.15, -0.1) is 0 Å². The lowest BCUT2D eigenvalue weighted by molar-refractivity contribution is -0.125. The summed E-state index contributed by atoms with van der Waals surface area (Å²) in [6, 6.07) is 0. The Bertz CT molecular complexity index is 657. The quantitative estimate of drug-likeness (QED) is 0.643. The van der Waals surface area contributed by atoms with Crippen LogP contribution in [0.25, 0.3) is 0 Å². The third-order valence-electron chi connectivity index (χ3n) is 8.54. The minimum absolute atomic E-state index is 0.00899. The van der Waals surface area contributed by atoms with Gasteiger partial charge >= 0.3 is 0 Å². The first-order valence-electron chi connectivity index (χ1n) is 9.71. The van der Waals surface area contributed by atoms with Gasteiger partial charge in [0.15, 0.2) is 5.78 Å². The molecule has 4 rings (SSSR count). The zero-order valence-electron chi connectivity index (χ0n) is 15.4. The zero-order chi connectivity index (χ0) is 17.3. The first-order valence-corrected chi connectivity index (χ1v) is 9.71. The number of fused-ring (bicyclic) bond motifs is 5. The van der Waals surface area contributed by atoms with Crippen molar-refractivity contribution in [2.75, 3.05) is 0 Å². The Morgan fingerprint density at radius 2 is 1.92 bits per heavy atom. The van der Waals surface area contributed by atoms with E-state index in [4.69, 9.17) is 0 Å². The third-order valence-corrected chi connectivity index (χ3v) is 8.54. The van der Waals surface area contributed by atoms with Gasteiger partial charge in [0.25, 0.3) is 0 Å². The van der Waals surface area contributed by atoms with E-state index in [0.717, 1.165) is 25.7 Å². The summed E-state index contributed by atoms with van der Waals surface area (Å²) in [6.07, 6.45) is 9.20. The number of hydrogen-bond acceptors (Lipinski definition) is 2. The molecule has 2 heteroatoms. The molecule has 0 saturated heterocycles. The van der Waals surface area contributed by atoms with Crippen LogP contribution in [0.4, 0.5) is 0 Å². The van der Waals surface area contributed by atoms with Gasteiger partial charge in [-0.2, -0.15) is 0 Å². The van der Waals surface area contributed by atoms with Crippen molar-refractivity contribution in [3.05, 3.63) is 23.8 Å². The van der Waals surface area contributed by atoms with Gasteiger partial charge in [-0.1, -0.05) is 31.6 Å². The lowest BCUT2D eigenvalue weighted by Gasteiger charge is -2.58. The van der Waals surface area contributed by atoms with E-state index in [1.54, 1.807) is 6.92 Å². The fourth-order valence-electron chi connectivity index (χ4n) is 7.09. The topological polar surface area (TPSA) is 34.1 Å². The van der Waals surface area contributed by atoms with Crippen molar-refractivity contribution < 1.29 is 9.59 Å². The van der Waals surface area contributed by atoms with E-state index in [2.05, 4.69) is 20.4 Å². The Labute approximate surface area is 145 Å². The standard InChI is InChI=1S/C22H30O2/c1-13-11-20-17(19-8-7-18(14(2)23)22(13,19)4)6-5-15-12-16(24)9-10-21(15,20)3/h12,17-20H,1,5-11H2,2-4H3. The van der Waals surface area contributed by atoms with Crippen LogP contribution in [0.1, 0.15) is 65.7 Å². The van der Waals surface area contributed by atoms with Crippen LogP contribution in [0.2, 0.25) is 0 Å². The largest absolute Gasteiger partial charge is 0.300 e. The van der Waals surface area contributed by atoms with E-state index in [0.29, 0.717) is 35.7 Å². The van der Waals surface area contributed by atoms with E-state index >= 15 is 0 Å². The highest BCUT2D eigenvalue weighted by Gasteiger charge is 2.61. The summed E-state index contributed by atoms with van der Waals surface area (Å²) in [5.74, 6) is 2.76. The molecule has 0 spiro atoms. The van der Waals surface area contributed by atoms with E-state index in [1.165, 1.54) is 24.0 Å². The average molecular weight is 326 g/mol. The molecule has 3 fully saturated rings. The highest BCUT2D eigenvalue weighted by molar-refractivity contribution is 5.91. The Kier molecular flexibility index (Phi) is 3.50.